The highest BCUT2D eigenvalue weighted by Gasteiger charge is 2.17. The smallest absolute Gasteiger partial charge is 0.343 e. The Morgan fingerprint density at radius 3 is 2.74 bits per heavy atom. The summed E-state index contributed by atoms with van der Waals surface area (Å²) in [6.45, 7) is 0. The average molecular weight is 279 g/mol. The zero-order valence-electron chi connectivity index (χ0n) is 10.1. The third-order valence-electron chi connectivity index (χ3n) is 2.35. The normalized spacial score (nSPS) is 10.0. The summed E-state index contributed by atoms with van der Waals surface area (Å²) in [6, 6.07) is 8.12. The molecule has 2 rings (SSSR count). The van der Waals surface area contributed by atoms with E-state index in [1.54, 1.807) is 30.3 Å². The highest BCUT2D eigenvalue weighted by atomic mass is 35.5. The van der Waals surface area contributed by atoms with Gasteiger partial charge in [0.25, 0.3) is 0 Å². The van der Waals surface area contributed by atoms with Gasteiger partial charge in [0.2, 0.25) is 0 Å². The molecular formula is C13H11ClN2O3. The fourth-order valence-electron chi connectivity index (χ4n) is 1.47. The van der Waals surface area contributed by atoms with E-state index in [2.05, 4.69) is 9.72 Å². The van der Waals surface area contributed by atoms with Gasteiger partial charge in [-0.05, 0) is 24.3 Å². The van der Waals surface area contributed by atoms with Crippen LogP contribution in [0.25, 0.3) is 0 Å². The molecule has 2 N–H and O–H groups in total. The number of hydrogen-bond donors (Lipinski definition) is 1. The maximum absolute atomic E-state index is 11.7. The molecule has 5 nitrogen and oxygen atoms in total. The Labute approximate surface area is 114 Å². The van der Waals surface area contributed by atoms with Gasteiger partial charge in [-0.25, -0.2) is 9.78 Å². The topological polar surface area (TPSA) is 74.4 Å². The lowest BCUT2D eigenvalue weighted by atomic mass is 10.2. The number of nitrogen functional groups attached to an aromatic ring is 1. The second-order valence-corrected chi connectivity index (χ2v) is 4.03. The summed E-state index contributed by atoms with van der Waals surface area (Å²) < 4.78 is 10.2. The molecule has 0 spiro atoms. The molecule has 0 saturated carbocycles. The largest absolute Gasteiger partial charge is 0.465 e. The first kappa shape index (κ1) is 13.2. The molecule has 19 heavy (non-hydrogen) atoms. The summed E-state index contributed by atoms with van der Waals surface area (Å²) in [4.78, 5) is 15.6. The highest BCUT2D eigenvalue weighted by Crippen LogP contribution is 2.30. The van der Waals surface area contributed by atoms with E-state index in [4.69, 9.17) is 22.1 Å². The molecule has 0 fully saturated rings. The molecule has 1 aromatic carbocycles. The first-order chi connectivity index (χ1) is 9.11. The van der Waals surface area contributed by atoms with E-state index in [1.165, 1.54) is 13.3 Å². The predicted molar refractivity (Wildman–Crippen MR) is 71.5 cm³/mol. The summed E-state index contributed by atoms with van der Waals surface area (Å²) >= 11 is 5.98. The minimum atomic E-state index is -0.566. The maximum Gasteiger partial charge on any atom is 0.343 e. The van der Waals surface area contributed by atoms with Crippen LogP contribution in [0.15, 0.2) is 36.5 Å². The zero-order chi connectivity index (χ0) is 13.8. The maximum atomic E-state index is 11.7. The van der Waals surface area contributed by atoms with E-state index in [0.29, 0.717) is 17.3 Å². The SMILES string of the molecule is COC(=O)c1c(Cl)cccc1Oc1ccc(N)nc1. The van der Waals surface area contributed by atoms with Crippen LogP contribution in [0.1, 0.15) is 10.4 Å². The monoisotopic (exact) mass is 278 g/mol. The van der Waals surface area contributed by atoms with Gasteiger partial charge in [-0.15, -0.1) is 0 Å². The quantitative estimate of drug-likeness (QED) is 0.874. The number of nitrogens with two attached hydrogens (primary N) is 1. The molecule has 0 bridgehead atoms. The molecule has 0 saturated heterocycles. The number of benzene rings is 1. The Bertz CT molecular complexity index is 599. The molecule has 1 heterocycles. The molecule has 98 valence electrons. The first-order valence-corrected chi connectivity index (χ1v) is 5.76. The number of rotatable bonds is 3. The molecule has 0 atom stereocenters. The second-order valence-electron chi connectivity index (χ2n) is 3.63. The van der Waals surface area contributed by atoms with Gasteiger partial charge in [0.15, 0.2) is 0 Å². The fraction of sp³-hybridized carbons (Fsp3) is 0.0769. The molecule has 0 aliphatic carbocycles. The van der Waals surface area contributed by atoms with E-state index < -0.39 is 5.97 Å². The minimum Gasteiger partial charge on any atom is -0.465 e. The Balaban J connectivity index is 2.37. The van der Waals surface area contributed by atoms with Gasteiger partial charge in [-0.2, -0.15) is 0 Å². The Kier molecular flexibility index (Phi) is 3.87. The third kappa shape index (κ3) is 2.95. The second kappa shape index (κ2) is 5.58. The van der Waals surface area contributed by atoms with Crippen LogP contribution in [0.5, 0.6) is 11.5 Å². The van der Waals surface area contributed by atoms with Crippen LogP contribution < -0.4 is 10.5 Å². The van der Waals surface area contributed by atoms with Gasteiger partial charge in [0.05, 0.1) is 18.3 Å². The van der Waals surface area contributed by atoms with E-state index in [0.717, 1.165) is 0 Å². The molecule has 0 amide bonds. The number of anilines is 1. The molecule has 0 unspecified atom stereocenters. The number of hydrogen-bond acceptors (Lipinski definition) is 5. The van der Waals surface area contributed by atoms with Crippen molar-refractivity contribution in [3.63, 3.8) is 0 Å². The summed E-state index contributed by atoms with van der Waals surface area (Å²) in [5.74, 6) is 0.559. The number of carbonyl (C=O) groups is 1. The number of nitrogens with zero attached hydrogens (tertiary/aromatic N) is 1. The summed E-state index contributed by atoms with van der Waals surface area (Å²) in [5.41, 5.74) is 5.65. The fourth-order valence-corrected chi connectivity index (χ4v) is 1.71. The number of aromatic nitrogens is 1. The van der Waals surface area contributed by atoms with Gasteiger partial charge in [0.1, 0.15) is 22.9 Å². The Morgan fingerprint density at radius 2 is 2.11 bits per heavy atom. The van der Waals surface area contributed by atoms with Crippen LogP contribution in [-0.2, 0) is 4.74 Å². The van der Waals surface area contributed by atoms with Crippen molar-refractivity contribution in [1.29, 1.82) is 0 Å². The van der Waals surface area contributed by atoms with Crippen molar-refractivity contribution in [2.75, 3.05) is 12.8 Å². The molecule has 2 aromatic rings. The van der Waals surface area contributed by atoms with Crippen molar-refractivity contribution in [3.8, 4) is 11.5 Å². The van der Waals surface area contributed by atoms with Crippen LogP contribution in [0, 0.1) is 0 Å². The predicted octanol–water partition coefficient (Wildman–Crippen LogP) is 2.90. The molecule has 6 heteroatoms. The lowest BCUT2D eigenvalue weighted by molar-refractivity contribution is 0.0598. The summed E-state index contributed by atoms with van der Waals surface area (Å²) in [7, 11) is 1.28. The zero-order valence-corrected chi connectivity index (χ0v) is 10.8. The van der Waals surface area contributed by atoms with Gasteiger partial charge >= 0.3 is 5.97 Å². The van der Waals surface area contributed by atoms with E-state index >= 15 is 0 Å². The van der Waals surface area contributed by atoms with Gasteiger partial charge < -0.3 is 15.2 Å². The first-order valence-electron chi connectivity index (χ1n) is 5.38. The third-order valence-corrected chi connectivity index (χ3v) is 2.67. The number of methoxy groups -OCH3 is 1. The van der Waals surface area contributed by atoms with Crippen molar-refractivity contribution >= 4 is 23.4 Å². The van der Waals surface area contributed by atoms with Crippen molar-refractivity contribution in [2.45, 2.75) is 0 Å². The van der Waals surface area contributed by atoms with Gasteiger partial charge in [-0.3, -0.25) is 0 Å². The number of ether oxygens (including phenoxy) is 2. The minimum absolute atomic E-state index is 0.170. The molecular weight excluding hydrogens is 268 g/mol. The summed E-state index contributed by atoms with van der Waals surface area (Å²) in [6.07, 6.45) is 1.46. The molecule has 0 radical (unpaired) electrons. The molecule has 0 aliphatic rings. The van der Waals surface area contributed by atoms with Crippen LogP contribution in [-0.4, -0.2) is 18.1 Å². The average Bonchev–Trinajstić information content (AvgIpc) is 2.41. The number of halogens is 1. The number of pyridine rings is 1. The van der Waals surface area contributed by atoms with Crippen LogP contribution >= 0.6 is 11.6 Å². The molecule has 0 aliphatic heterocycles. The van der Waals surface area contributed by atoms with Crippen molar-refractivity contribution < 1.29 is 14.3 Å². The van der Waals surface area contributed by atoms with Crippen LogP contribution in [0.3, 0.4) is 0 Å². The summed E-state index contributed by atoms with van der Waals surface area (Å²) in [5, 5.41) is 0.257. The number of carbonyl (C=O) groups excluding carboxylic acids is 1. The van der Waals surface area contributed by atoms with E-state index in [-0.39, 0.29) is 10.6 Å². The van der Waals surface area contributed by atoms with Crippen molar-refractivity contribution in [2.24, 2.45) is 0 Å². The number of esters is 1. The molecule has 1 aromatic heterocycles. The lowest BCUT2D eigenvalue weighted by Gasteiger charge is -2.10. The standard InChI is InChI=1S/C13H11ClN2O3/c1-18-13(17)12-9(14)3-2-4-10(12)19-8-5-6-11(15)16-7-8/h2-7H,1H3,(H2,15,16). The van der Waals surface area contributed by atoms with Crippen molar-refractivity contribution in [3.05, 3.63) is 47.1 Å². The lowest BCUT2D eigenvalue weighted by Crippen LogP contribution is -2.04. The van der Waals surface area contributed by atoms with Crippen LogP contribution in [0.4, 0.5) is 5.82 Å². The van der Waals surface area contributed by atoms with E-state index in [9.17, 15) is 4.79 Å². The van der Waals surface area contributed by atoms with Crippen molar-refractivity contribution in [1.82, 2.24) is 4.98 Å². The van der Waals surface area contributed by atoms with Crippen LogP contribution in [0.2, 0.25) is 5.02 Å². The highest BCUT2D eigenvalue weighted by molar-refractivity contribution is 6.34. The Morgan fingerprint density at radius 1 is 1.32 bits per heavy atom. The Hall–Kier alpha value is -2.27. The van der Waals surface area contributed by atoms with Gasteiger partial charge in [-0.1, -0.05) is 17.7 Å². The van der Waals surface area contributed by atoms with Gasteiger partial charge in [0, 0.05) is 0 Å². The van der Waals surface area contributed by atoms with E-state index in [1.807, 2.05) is 0 Å².